The SMILES string of the molecule is CCS[C@@H]1O[C@H](COC(=N)C(Cl)(Cl)Cl)[C@@H](O)[C@H](OCc2ccccc2)[C@H]1OCc1ccccc1. The Morgan fingerprint density at radius 2 is 1.50 bits per heavy atom. The van der Waals surface area contributed by atoms with Gasteiger partial charge in [0.1, 0.15) is 36.5 Å². The van der Waals surface area contributed by atoms with Gasteiger partial charge in [-0.15, -0.1) is 11.8 Å². The summed E-state index contributed by atoms with van der Waals surface area (Å²) in [7, 11) is 0. The molecule has 0 radical (unpaired) electrons. The van der Waals surface area contributed by atoms with Crippen molar-refractivity contribution in [3.05, 3.63) is 71.8 Å². The number of rotatable bonds is 10. The lowest BCUT2D eigenvalue weighted by atomic mass is 9.99. The van der Waals surface area contributed by atoms with Gasteiger partial charge < -0.3 is 24.1 Å². The zero-order valence-corrected chi connectivity index (χ0v) is 21.7. The van der Waals surface area contributed by atoms with Crippen molar-refractivity contribution in [2.75, 3.05) is 12.4 Å². The molecule has 5 atom stereocenters. The van der Waals surface area contributed by atoms with Crippen molar-refractivity contribution >= 4 is 52.5 Å². The van der Waals surface area contributed by atoms with Gasteiger partial charge >= 0.3 is 0 Å². The maximum atomic E-state index is 11.2. The third-order valence-corrected chi connectivity index (χ3v) is 6.73. The van der Waals surface area contributed by atoms with E-state index in [0.29, 0.717) is 6.61 Å². The van der Waals surface area contributed by atoms with Crippen molar-refractivity contribution in [1.29, 1.82) is 5.41 Å². The number of halogens is 3. The van der Waals surface area contributed by atoms with Crippen LogP contribution in [0.1, 0.15) is 18.1 Å². The van der Waals surface area contributed by atoms with Gasteiger partial charge in [0, 0.05) is 0 Å². The minimum Gasteiger partial charge on any atom is -0.475 e. The summed E-state index contributed by atoms with van der Waals surface area (Å²) >= 11 is 18.7. The molecule has 0 aliphatic carbocycles. The van der Waals surface area contributed by atoms with E-state index in [-0.39, 0.29) is 13.2 Å². The Kier molecular flexibility index (Phi) is 10.8. The smallest absolute Gasteiger partial charge is 0.265 e. The van der Waals surface area contributed by atoms with E-state index in [4.69, 9.17) is 59.2 Å². The summed E-state index contributed by atoms with van der Waals surface area (Å²) in [5.74, 6) is 0.215. The van der Waals surface area contributed by atoms with E-state index in [0.717, 1.165) is 16.9 Å². The van der Waals surface area contributed by atoms with Crippen molar-refractivity contribution in [2.45, 2.75) is 53.8 Å². The quantitative estimate of drug-likeness (QED) is 0.236. The van der Waals surface area contributed by atoms with Crippen LogP contribution in [0.5, 0.6) is 0 Å². The van der Waals surface area contributed by atoms with Gasteiger partial charge in [-0.1, -0.05) is 102 Å². The molecule has 186 valence electrons. The normalized spacial score (nSPS) is 25.1. The minimum atomic E-state index is -2.00. The third kappa shape index (κ3) is 8.00. The number of aliphatic hydroxyl groups excluding tert-OH is 1. The molecule has 34 heavy (non-hydrogen) atoms. The third-order valence-electron chi connectivity index (χ3n) is 5.17. The van der Waals surface area contributed by atoms with E-state index in [1.807, 2.05) is 67.6 Å². The lowest BCUT2D eigenvalue weighted by molar-refractivity contribution is -0.236. The molecule has 1 saturated heterocycles. The largest absolute Gasteiger partial charge is 0.475 e. The summed E-state index contributed by atoms with van der Waals surface area (Å²) in [5, 5.41) is 19.0. The Balaban J connectivity index is 1.77. The Bertz CT molecular complexity index is 887. The fourth-order valence-corrected chi connectivity index (χ4v) is 4.61. The molecule has 1 heterocycles. The molecule has 2 N–H and O–H groups in total. The minimum absolute atomic E-state index is 0.175. The van der Waals surface area contributed by atoms with E-state index < -0.39 is 39.5 Å². The predicted octanol–water partition coefficient (Wildman–Crippen LogP) is 5.36. The molecule has 3 rings (SSSR count). The number of alkyl halides is 3. The number of hydrogen-bond acceptors (Lipinski definition) is 7. The lowest BCUT2D eigenvalue weighted by Gasteiger charge is -2.44. The first-order chi connectivity index (χ1) is 16.3. The summed E-state index contributed by atoms with van der Waals surface area (Å²) < 4.78 is 21.9. The molecule has 0 saturated carbocycles. The van der Waals surface area contributed by atoms with Gasteiger partial charge in [0.2, 0.25) is 5.90 Å². The Morgan fingerprint density at radius 3 is 2.00 bits per heavy atom. The molecule has 6 nitrogen and oxygen atoms in total. The maximum Gasteiger partial charge on any atom is 0.265 e. The molecule has 0 spiro atoms. The average molecular weight is 549 g/mol. The first-order valence-corrected chi connectivity index (χ1v) is 13.0. The zero-order chi connectivity index (χ0) is 24.6. The number of thioether (sulfide) groups is 1. The number of benzene rings is 2. The summed E-state index contributed by atoms with van der Waals surface area (Å²) in [4.78, 5) is 0. The van der Waals surface area contributed by atoms with Crippen LogP contribution in [0.4, 0.5) is 0 Å². The number of hydrogen-bond donors (Lipinski definition) is 2. The second kappa shape index (κ2) is 13.3. The van der Waals surface area contributed by atoms with Crippen LogP contribution in [0.25, 0.3) is 0 Å². The molecular formula is C24H28Cl3NO5S. The van der Waals surface area contributed by atoms with Gasteiger partial charge in [0.25, 0.3) is 3.79 Å². The van der Waals surface area contributed by atoms with Crippen LogP contribution in [0.3, 0.4) is 0 Å². The number of ether oxygens (including phenoxy) is 4. The van der Waals surface area contributed by atoms with E-state index in [1.165, 1.54) is 0 Å². The second-order valence-corrected chi connectivity index (χ2v) is 11.3. The van der Waals surface area contributed by atoms with Crippen LogP contribution in [0.2, 0.25) is 0 Å². The van der Waals surface area contributed by atoms with E-state index >= 15 is 0 Å². The van der Waals surface area contributed by atoms with Crippen molar-refractivity contribution in [1.82, 2.24) is 0 Å². The topological polar surface area (TPSA) is 81.0 Å². The number of nitrogens with one attached hydrogen (secondary N) is 1. The first kappa shape index (κ1) is 27.6. The molecular weight excluding hydrogens is 521 g/mol. The standard InChI is InChI=1S/C24H28Cl3NO5S/c1-2-34-22-21(31-14-17-11-7-4-8-12-17)20(30-13-16-9-5-3-6-10-16)19(29)18(33-22)15-32-23(28)24(25,26)27/h3-12,18-22,28-29H,2,13-15H2,1H3/t18-,19-,20+,21-,22+/m1/s1. The van der Waals surface area contributed by atoms with E-state index in [9.17, 15) is 5.11 Å². The van der Waals surface area contributed by atoms with Crippen molar-refractivity contribution < 1.29 is 24.1 Å². The fraction of sp³-hybridized carbons (Fsp3) is 0.458. The fourth-order valence-electron chi connectivity index (χ4n) is 3.47. The highest BCUT2D eigenvalue weighted by Crippen LogP contribution is 2.34. The van der Waals surface area contributed by atoms with Crippen LogP contribution in [0, 0.1) is 5.41 Å². The summed E-state index contributed by atoms with van der Waals surface area (Å²) in [5.41, 5.74) is 1.53. The monoisotopic (exact) mass is 547 g/mol. The zero-order valence-electron chi connectivity index (χ0n) is 18.6. The summed E-state index contributed by atoms with van der Waals surface area (Å²) in [6, 6.07) is 19.5. The summed E-state index contributed by atoms with van der Waals surface area (Å²) in [6.07, 6.45) is -3.17. The van der Waals surface area contributed by atoms with Gasteiger partial charge in [0.05, 0.1) is 13.2 Å². The molecule has 0 unspecified atom stereocenters. The molecule has 0 bridgehead atoms. The van der Waals surface area contributed by atoms with E-state index in [1.54, 1.807) is 11.8 Å². The van der Waals surface area contributed by atoms with Gasteiger partial charge in [-0.05, 0) is 16.9 Å². The van der Waals surface area contributed by atoms with Gasteiger partial charge in [-0.3, -0.25) is 5.41 Å². The van der Waals surface area contributed by atoms with Crippen LogP contribution in [-0.2, 0) is 32.2 Å². The molecule has 0 aromatic heterocycles. The Morgan fingerprint density at radius 1 is 0.971 bits per heavy atom. The Hall–Kier alpha value is -1.03. The molecule has 0 amide bonds. The summed E-state index contributed by atoms with van der Waals surface area (Å²) in [6.45, 7) is 2.46. The second-order valence-electron chi connectivity index (χ2n) is 7.65. The molecule has 1 aliphatic rings. The molecule has 1 aliphatic heterocycles. The average Bonchev–Trinajstić information content (AvgIpc) is 2.83. The maximum absolute atomic E-state index is 11.2. The van der Waals surface area contributed by atoms with Crippen LogP contribution in [0.15, 0.2) is 60.7 Å². The predicted molar refractivity (Wildman–Crippen MR) is 137 cm³/mol. The van der Waals surface area contributed by atoms with Crippen LogP contribution < -0.4 is 0 Å². The van der Waals surface area contributed by atoms with Crippen LogP contribution in [-0.4, -0.2) is 57.0 Å². The highest BCUT2D eigenvalue weighted by Gasteiger charge is 2.47. The van der Waals surface area contributed by atoms with Gasteiger partial charge in [-0.25, -0.2) is 0 Å². The first-order valence-electron chi connectivity index (χ1n) is 10.8. The van der Waals surface area contributed by atoms with Crippen LogP contribution >= 0.6 is 46.6 Å². The van der Waals surface area contributed by atoms with Crippen molar-refractivity contribution in [2.24, 2.45) is 0 Å². The molecule has 2 aromatic carbocycles. The van der Waals surface area contributed by atoms with Gasteiger partial charge in [0.15, 0.2) is 0 Å². The van der Waals surface area contributed by atoms with Crippen molar-refractivity contribution in [3.8, 4) is 0 Å². The highest BCUT2D eigenvalue weighted by molar-refractivity contribution is 7.99. The molecule has 2 aromatic rings. The van der Waals surface area contributed by atoms with Gasteiger partial charge in [-0.2, -0.15) is 0 Å². The Labute approximate surface area is 219 Å². The van der Waals surface area contributed by atoms with Crippen molar-refractivity contribution in [3.63, 3.8) is 0 Å². The van der Waals surface area contributed by atoms with E-state index in [2.05, 4.69) is 0 Å². The molecule has 1 fully saturated rings. The lowest BCUT2D eigenvalue weighted by Crippen LogP contribution is -2.59. The molecule has 10 heteroatoms. The number of aliphatic hydroxyl groups is 1. The highest BCUT2D eigenvalue weighted by atomic mass is 35.6.